The van der Waals surface area contributed by atoms with E-state index in [0.717, 1.165) is 36.4 Å². The highest BCUT2D eigenvalue weighted by Crippen LogP contribution is 2.27. The lowest BCUT2D eigenvalue weighted by Gasteiger charge is -2.31. The molecule has 0 radical (unpaired) electrons. The molecule has 0 spiro atoms. The fraction of sp³-hybridized carbons (Fsp3) is 0.312. The molecule has 0 saturated carbocycles. The van der Waals surface area contributed by atoms with Gasteiger partial charge in [0.15, 0.2) is 5.65 Å². The van der Waals surface area contributed by atoms with Crippen molar-refractivity contribution in [3.8, 4) is 0 Å². The van der Waals surface area contributed by atoms with Crippen LogP contribution in [0.5, 0.6) is 0 Å². The number of amides is 1. The minimum Gasteiger partial charge on any atom is -0.338 e. The normalized spacial score (nSPS) is 18.7. The van der Waals surface area contributed by atoms with Crippen LogP contribution in [0, 0.1) is 0 Å². The van der Waals surface area contributed by atoms with Crippen molar-refractivity contribution in [1.82, 2.24) is 19.5 Å². The number of rotatable bonds is 2. The van der Waals surface area contributed by atoms with Gasteiger partial charge in [-0.15, -0.1) is 10.2 Å². The fourth-order valence-electron chi connectivity index (χ4n) is 3.08. The first kappa shape index (κ1) is 13.5. The van der Waals surface area contributed by atoms with Crippen molar-refractivity contribution in [2.24, 2.45) is 0 Å². The summed E-state index contributed by atoms with van der Waals surface area (Å²) < 4.78 is 2.03. The van der Waals surface area contributed by atoms with Crippen LogP contribution in [-0.2, 0) is 0 Å². The van der Waals surface area contributed by atoms with E-state index < -0.39 is 0 Å². The van der Waals surface area contributed by atoms with E-state index >= 15 is 0 Å². The molecular formula is C16H16N4OS. The number of piperidine rings is 1. The summed E-state index contributed by atoms with van der Waals surface area (Å²) in [7, 11) is 0. The highest BCUT2D eigenvalue weighted by molar-refractivity contribution is 7.08. The Bertz CT molecular complexity index is 795. The van der Waals surface area contributed by atoms with Crippen molar-refractivity contribution in [3.05, 3.63) is 52.6 Å². The van der Waals surface area contributed by atoms with Crippen LogP contribution in [0.15, 0.2) is 41.2 Å². The van der Waals surface area contributed by atoms with Gasteiger partial charge in [0.1, 0.15) is 5.82 Å². The molecule has 1 unspecified atom stereocenters. The molecule has 1 fully saturated rings. The van der Waals surface area contributed by atoms with E-state index in [4.69, 9.17) is 0 Å². The summed E-state index contributed by atoms with van der Waals surface area (Å²) in [4.78, 5) is 14.5. The van der Waals surface area contributed by atoms with Crippen molar-refractivity contribution in [3.63, 3.8) is 0 Å². The van der Waals surface area contributed by atoms with Crippen molar-refractivity contribution in [1.29, 1.82) is 0 Å². The maximum absolute atomic E-state index is 12.5. The van der Waals surface area contributed by atoms with Gasteiger partial charge in [0.05, 0.1) is 5.56 Å². The van der Waals surface area contributed by atoms with E-state index in [9.17, 15) is 4.79 Å². The second-order valence-corrected chi connectivity index (χ2v) is 6.37. The zero-order valence-electron chi connectivity index (χ0n) is 12.1. The summed E-state index contributed by atoms with van der Waals surface area (Å²) in [6.45, 7) is 1.53. The molecule has 0 aromatic carbocycles. The maximum atomic E-state index is 12.5. The van der Waals surface area contributed by atoms with Gasteiger partial charge in [0, 0.05) is 30.6 Å². The average molecular weight is 312 g/mol. The second-order valence-electron chi connectivity index (χ2n) is 5.59. The Morgan fingerprint density at radius 2 is 2.23 bits per heavy atom. The predicted octanol–water partition coefficient (Wildman–Crippen LogP) is 2.81. The van der Waals surface area contributed by atoms with Gasteiger partial charge in [0.25, 0.3) is 5.91 Å². The Morgan fingerprint density at radius 1 is 1.27 bits per heavy atom. The first-order valence-electron chi connectivity index (χ1n) is 7.44. The van der Waals surface area contributed by atoms with Crippen LogP contribution in [0.4, 0.5) is 0 Å². The minimum atomic E-state index is 0.125. The number of thiophene rings is 1. The number of aromatic nitrogens is 3. The van der Waals surface area contributed by atoms with Crippen molar-refractivity contribution in [2.75, 3.05) is 13.1 Å². The molecule has 5 nitrogen and oxygen atoms in total. The molecule has 1 atom stereocenters. The average Bonchev–Trinajstić information content (AvgIpc) is 3.24. The summed E-state index contributed by atoms with van der Waals surface area (Å²) in [6.07, 6.45) is 4.04. The Hall–Kier alpha value is -2.21. The van der Waals surface area contributed by atoms with Crippen LogP contribution >= 0.6 is 11.3 Å². The van der Waals surface area contributed by atoms with Crippen molar-refractivity contribution < 1.29 is 4.79 Å². The lowest BCUT2D eigenvalue weighted by Crippen LogP contribution is -2.39. The number of carbonyl (C=O) groups excluding carboxylic acids is 1. The molecule has 1 aliphatic heterocycles. The van der Waals surface area contributed by atoms with E-state index in [1.165, 1.54) is 0 Å². The zero-order valence-corrected chi connectivity index (χ0v) is 12.9. The number of carbonyl (C=O) groups is 1. The molecule has 4 heterocycles. The van der Waals surface area contributed by atoms with Crippen LogP contribution < -0.4 is 0 Å². The van der Waals surface area contributed by atoms with Gasteiger partial charge in [-0.25, -0.2) is 0 Å². The molecule has 0 bridgehead atoms. The Morgan fingerprint density at radius 3 is 3.09 bits per heavy atom. The third kappa shape index (κ3) is 2.29. The first-order valence-corrected chi connectivity index (χ1v) is 8.38. The van der Waals surface area contributed by atoms with Gasteiger partial charge in [-0.1, -0.05) is 6.07 Å². The maximum Gasteiger partial charge on any atom is 0.254 e. The van der Waals surface area contributed by atoms with Crippen molar-refractivity contribution in [2.45, 2.75) is 18.8 Å². The number of likely N-dealkylation sites (tertiary alicyclic amines) is 1. The smallest absolute Gasteiger partial charge is 0.254 e. The Labute approximate surface area is 132 Å². The van der Waals surface area contributed by atoms with E-state index in [2.05, 4.69) is 10.2 Å². The molecule has 0 N–H and O–H groups in total. The summed E-state index contributed by atoms with van der Waals surface area (Å²) >= 11 is 1.56. The van der Waals surface area contributed by atoms with Gasteiger partial charge in [-0.2, -0.15) is 11.3 Å². The summed E-state index contributed by atoms with van der Waals surface area (Å²) in [5.41, 5.74) is 1.65. The summed E-state index contributed by atoms with van der Waals surface area (Å²) in [6, 6.07) is 7.79. The van der Waals surface area contributed by atoms with Crippen molar-refractivity contribution >= 4 is 22.9 Å². The predicted molar refractivity (Wildman–Crippen MR) is 85.2 cm³/mol. The summed E-state index contributed by atoms with van der Waals surface area (Å²) in [5.74, 6) is 1.33. The van der Waals surface area contributed by atoms with Gasteiger partial charge < -0.3 is 4.90 Å². The zero-order chi connectivity index (χ0) is 14.9. The number of nitrogens with zero attached hydrogens (tertiary/aromatic N) is 4. The quantitative estimate of drug-likeness (QED) is 0.731. The fourth-order valence-corrected chi connectivity index (χ4v) is 3.71. The number of pyridine rings is 1. The first-order chi connectivity index (χ1) is 10.8. The molecule has 1 saturated heterocycles. The topological polar surface area (TPSA) is 50.5 Å². The minimum absolute atomic E-state index is 0.125. The Balaban J connectivity index is 1.60. The molecule has 0 aliphatic carbocycles. The third-order valence-corrected chi connectivity index (χ3v) is 4.87. The lowest BCUT2D eigenvalue weighted by molar-refractivity contribution is 0.0704. The molecule has 1 aliphatic rings. The van der Waals surface area contributed by atoms with E-state index in [1.54, 1.807) is 11.3 Å². The number of fused-ring (bicyclic) bond motifs is 1. The molecule has 22 heavy (non-hydrogen) atoms. The van der Waals surface area contributed by atoms with E-state index in [-0.39, 0.29) is 11.8 Å². The van der Waals surface area contributed by atoms with Gasteiger partial charge in [-0.05, 0) is 36.4 Å². The highest BCUT2D eigenvalue weighted by atomic mass is 32.1. The van der Waals surface area contributed by atoms with Gasteiger partial charge >= 0.3 is 0 Å². The van der Waals surface area contributed by atoms with E-state index in [1.807, 2.05) is 50.5 Å². The largest absolute Gasteiger partial charge is 0.338 e. The number of hydrogen-bond acceptors (Lipinski definition) is 4. The lowest BCUT2D eigenvalue weighted by atomic mass is 9.96. The Kier molecular flexibility index (Phi) is 3.38. The van der Waals surface area contributed by atoms with Gasteiger partial charge in [-0.3, -0.25) is 9.20 Å². The molecule has 112 valence electrons. The molecule has 6 heteroatoms. The number of hydrogen-bond donors (Lipinski definition) is 0. The molecule has 1 amide bonds. The third-order valence-electron chi connectivity index (χ3n) is 4.18. The highest BCUT2D eigenvalue weighted by Gasteiger charge is 2.28. The van der Waals surface area contributed by atoms with Crippen LogP contribution in [0.25, 0.3) is 5.65 Å². The van der Waals surface area contributed by atoms with Crippen LogP contribution in [0.2, 0.25) is 0 Å². The molecule has 3 aromatic heterocycles. The SMILES string of the molecule is O=C(c1ccsc1)N1CCCC(c2nnc3ccccn23)C1. The monoisotopic (exact) mass is 312 g/mol. The van der Waals surface area contributed by atoms with Crippen LogP contribution in [0.3, 0.4) is 0 Å². The molecule has 4 rings (SSSR count). The van der Waals surface area contributed by atoms with Crippen LogP contribution in [0.1, 0.15) is 34.9 Å². The summed E-state index contributed by atoms with van der Waals surface area (Å²) in [5, 5.41) is 12.4. The van der Waals surface area contributed by atoms with E-state index in [0.29, 0.717) is 6.54 Å². The molecule has 3 aromatic rings. The molecular weight excluding hydrogens is 296 g/mol. The standard InChI is InChI=1S/C16H16N4OS/c21-16(13-6-9-22-11-13)19-7-3-4-12(10-19)15-18-17-14-5-1-2-8-20(14)15/h1-2,5-6,8-9,11-12H,3-4,7,10H2. The van der Waals surface area contributed by atoms with Gasteiger partial charge in [0.2, 0.25) is 0 Å². The van der Waals surface area contributed by atoms with Crippen LogP contribution in [-0.4, -0.2) is 38.5 Å². The second kappa shape index (κ2) is 5.53.